The summed E-state index contributed by atoms with van der Waals surface area (Å²) in [7, 11) is 0. The molecule has 1 atom stereocenters. The van der Waals surface area contributed by atoms with Gasteiger partial charge >= 0.3 is 0 Å². The molecule has 0 amide bonds. The van der Waals surface area contributed by atoms with Crippen LogP contribution in [0.1, 0.15) is 5.56 Å². The van der Waals surface area contributed by atoms with Crippen LogP contribution < -0.4 is 0 Å². The van der Waals surface area contributed by atoms with E-state index < -0.39 is 5.44 Å². The van der Waals surface area contributed by atoms with Gasteiger partial charge in [-0.05, 0) is 5.56 Å². The summed E-state index contributed by atoms with van der Waals surface area (Å²) in [5, 5.41) is 18.0. The van der Waals surface area contributed by atoms with Gasteiger partial charge in [-0.3, -0.25) is 0 Å². The van der Waals surface area contributed by atoms with Gasteiger partial charge in [0.1, 0.15) is 5.44 Å². The van der Waals surface area contributed by atoms with Gasteiger partial charge in [-0.25, -0.2) is 0 Å². The van der Waals surface area contributed by atoms with E-state index in [1.807, 2.05) is 30.3 Å². The third kappa shape index (κ3) is 4.31. The van der Waals surface area contributed by atoms with E-state index >= 15 is 0 Å². The summed E-state index contributed by atoms with van der Waals surface area (Å²) in [5.41, 5.74) is 0.718. The van der Waals surface area contributed by atoms with Crippen LogP contribution in [0.4, 0.5) is 0 Å². The third-order valence-electron chi connectivity index (χ3n) is 1.65. The van der Waals surface area contributed by atoms with Crippen LogP contribution in [-0.4, -0.2) is 28.0 Å². The standard InChI is InChI=1S/C10H14O2S/c11-6-7-13-10(12)8-9-4-2-1-3-5-9/h1-5,10-12H,6-8H2. The molecule has 1 aromatic rings. The second kappa shape index (κ2) is 6.02. The van der Waals surface area contributed by atoms with Gasteiger partial charge in [0, 0.05) is 12.2 Å². The summed E-state index contributed by atoms with van der Waals surface area (Å²) in [6.07, 6.45) is 0.644. The summed E-state index contributed by atoms with van der Waals surface area (Å²) in [6.45, 7) is 0.122. The maximum Gasteiger partial charge on any atom is 0.103 e. The molecule has 0 aliphatic rings. The first-order chi connectivity index (χ1) is 6.33. The summed E-state index contributed by atoms with van der Waals surface area (Å²) >= 11 is 1.38. The number of aliphatic hydroxyl groups excluding tert-OH is 2. The number of hydrogen-bond acceptors (Lipinski definition) is 3. The van der Waals surface area contributed by atoms with E-state index in [4.69, 9.17) is 5.11 Å². The zero-order valence-electron chi connectivity index (χ0n) is 7.39. The van der Waals surface area contributed by atoms with Gasteiger partial charge in [-0.15, -0.1) is 11.8 Å². The van der Waals surface area contributed by atoms with Crippen molar-refractivity contribution in [2.75, 3.05) is 12.4 Å². The molecule has 1 aromatic carbocycles. The molecule has 0 saturated carbocycles. The number of thioether (sulfide) groups is 1. The van der Waals surface area contributed by atoms with E-state index in [2.05, 4.69) is 0 Å². The van der Waals surface area contributed by atoms with Gasteiger partial charge in [0.2, 0.25) is 0 Å². The molecule has 1 unspecified atom stereocenters. The van der Waals surface area contributed by atoms with Crippen LogP contribution >= 0.6 is 11.8 Å². The SMILES string of the molecule is OCCSC(O)Cc1ccccc1. The summed E-state index contributed by atoms with van der Waals surface area (Å²) in [5.74, 6) is 0.591. The Hall–Kier alpha value is -0.510. The molecule has 1 rings (SSSR count). The lowest BCUT2D eigenvalue weighted by molar-refractivity contribution is 0.262. The number of hydrogen-bond donors (Lipinski definition) is 2. The van der Waals surface area contributed by atoms with Crippen molar-refractivity contribution in [1.82, 2.24) is 0 Å². The highest BCUT2D eigenvalue weighted by Gasteiger charge is 2.04. The van der Waals surface area contributed by atoms with Crippen molar-refractivity contribution >= 4 is 11.8 Å². The van der Waals surface area contributed by atoms with E-state index in [0.29, 0.717) is 12.2 Å². The van der Waals surface area contributed by atoms with Crippen LogP contribution in [0.15, 0.2) is 30.3 Å². The van der Waals surface area contributed by atoms with Gasteiger partial charge in [-0.2, -0.15) is 0 Å². The predicted octanol–water partition coefficient (Wildman–Crippen LogP) is 1.27. The monoisotopic (exact) mass is 198 g/mol. The van der Waals surface area contributed by atoms with E-state index in [0.717, 1.165) is 5.56 Å². The molecule has 13 heavy (non-hydrogen) atoms. The molecular weight excluding hydrogens is 184 g/mol. The smallest absolute Gasteiger partial charge is 0.103 e. The minimum atomic E-state index is -0.408. The van der Waals surface area contributed by atoms with Crippen LogP contribution in [0.3, 0.4) is 0 Å². The zero-order valence-corrected chi connectivity index (χ0v) is 8.20. The van der Waals surface area contributed by atoms with Crippen molar-refractivity contribution in [2.45, 2.75) is 11.9 Å². The number of benzene rings is 1. The molecule has 0 heterocycles. The molecule has 0 radical (unpaired) electrons. The fourth-order valence-corrected chi connectivity index (χ4v) is 1.75. The van der Waals surface area contributed by atoms with Gasteiger partial charge in [0.05, 0.1) is 6.61 Å². The van der Waals surface area contributed by atoms with Gasteiger partial charge in [-0.1, -0.05) is 30.3 Å². The fraction of sp³-hybridized carbons (Fsp3) is 0.400. The zero-order chi connectivity index (χ0) is 9.52. The van der Waals surface area contributed by atoms with Crippen molar-refractivity contribution < 1.29 is 10.2 Å². The largest absolute Gasteiger partial charge is 0.396 e. The first-order valence-corrected chi connectivity index (χ1v) is 5.32. The Kier molecular flexibility index (Phi) is 4.90. The molecule has 0 bridgehead atoms. The van der Waals surface area contributed by atoms with Crippen LogP contribution in [-0.2, 0) is 6.42 Å². The van der Waals surface area contributed by atoms with Crippen molar-refractivity contribution in [3.8, 4) is 0 Å². The van der Waals surface area contributed by atoms with Crippen LogP contribution in [0.5, 0.6) is 0 Å². The Morgan fingerprint density at radius 2 is 1.92 bits per heavy atom. The molecule has 2 N–H and O–H groups in total. The molecule has 2 nitrogen and oxygen atoms in total. The lowest BCUT2D eigenvalue weighted by Crippen LogP contribution is -2.07. The Balaban J connectivity index is 2.32. The second-order valence-electron chi connectivity index (χ2n) is 2.74. The van der Waals surface area contributed by atoms with Crippen LogP contribution in [0, 0.1) is 0 Å². The minimum Gasteiger partial charge on any atom is -0.396 e. The predicted molar refractivity (Wildman–Crippen MR) is 55.7 cm³/mol. The molecule has 3 heteroatoms. The maximum atomic E-state index is 9.49. The van der Waals surface area contributed by atoms with Crippen LogP contribution in [0.25, 0.3) is 0 Å². The molecule has 0 aliphatic carbocycles. The van der Waals surface area contributed by atoms with Crippen molar-refractivity contribution in [3.05, 3.63) is 35.9 Å². The lowest BCUT2D eigenvalue weighted by atomic mass is 10.2. The number of aliphatic hydroxyl groups is 2. The van der Waals surface area contributed by atoms with Crippen molar-refractivity contribution in [2.24, 2.45) is 0 Å². The quantitative estimate of drug-likeness (QED) is 0.700. The third-order valence-corrected chi connectivity index (χ3v) is 2.62. The van der Waals surface area contributed by atoms with Crippen LogP contribution in [0.2, 0.25) is 0 Å². The molecule has 0 saturated heterocycles. The summed E-state index contributed by atoms with van der Waals surface area (Å²) < 4.78 is 0. The van der Waals surface area contributed by atoms with E-state index in [-0.39, 0.29) is 6.61 Å². The average molecular weight is 198 g/mol. The Morgan fingerprint density at radius 3 is 2.54 bits per heavy atom. The Morgan fingerprint density at radius 1 is 1.23 bits per heavy atom. The summed E-state index contributed by atoms with van der Waals surface area (Å²) in [4.78, 5) is 0. The van der Waals surface area contributed by atoms with Gasteiger partial charge in [0.15, 0.2) is 0 Å². The molecular formula is C10H14O2S. The molecule has 0 fully saturated rings. The van der Waals surface area contributed by atoms with E-state index in [9.17, 15) is 5.11 Å². The Labute approximate surface area is 82.6 Å². The first kappa shape index (κ1) is 10.6. The normalized spacial score (nSPS) is 12.8. The first-order valence-electron chi connectivity index (χ1n) is 4.27. The molecule has 0 aromatic heterocycles. The van der Waals surface area contributed by atoms with E-state index in [1.165, 1.54) is 11.8 Å². The van der Waals surface area contributed by atoms with E-state index in [1.54, 1.807) is 0 Å². The molecule has 0 spiro atoms. The highest BCUT2D eigenvalue weighted by molar-refractivity contribution is 7.99. The highest BCUT2D eigenvalue weighted by Crippen LogP contribution is 2.13. The fourth-order valence-electron chi connectivity index (χ4n) is 1.06. The molecule has 72 valence electrons. The maximum absolute atomic E-state index is 9.49. The van der Waals surface area contributed by atoms with Gasteiger partial charge in [0.25, 0.3) is 0 Å². The van der Waals surface area contributed by atoms with Crippen molar-refractivity contribution in [1.29, 1.82) is 0 Å². The average Bonchev–Trinajstić information content (AvgIpc) is 2.16. The number of rotatable bonds is 5. The van der Waals surface area contributed by atoms with Gasteiger partial charge < -0.3 is 10.2 Å². The second-order valence-corrected chi connectivity index (χ2v) is 4.02. The summed E-state index contributed by atoms with van der Waals surface area (Å²) in [6, 6.07) is 9.85. The molecule has 0 aliphatic heterocycles. The highest BCUT2D eigenvalue weighted by atomic mass is 32.2. The Bertz CT molecular complexity index is 226. The lowest BCUT2D eigenvalue weighted by Gasteiger charge is -2.08. The van der Waals surface area contributed by atoms with Crippen molar-refractivity contribution in [3.63, 3.8) is 0 Å². The topological polar surface area (TPSA) is 40.5 Å². The minimum absolute atomic E-state index is 0.122.